The molecule has 5 heteroatoms. The van der Waals surface area contributed by atoms with E-state index in [0.29, 0.717) is 5.65 Å². The molecule has 27 heavy (non-hydrogen) atoms. The molecule has 1 saturated carbocycles. The van der Waals surface area contributed by atoms with Gasteiger partial charge in [0.1, 0.15) is 11.3 Å². The lowest BCUT2D eigenvalue weighted by Gasteiger charge is -2.29. The van der Waals surface area contributed by atoms with Crippen molar-refractivity contribution in [1.82, 2.24) is 15.0 Å². The van der Waals surface area contributed by atoms with E-state index in [1.165, 1.54) is 0 Å². The molecular weight excluding hydrogens is 341 g/mol. The number of aromatic nitrogens is 3. The van der Waals surface area contributed by atoms with E-state index in [1.807, 2.05) is 26.0 Å². The van der Waals surface area contributed by atoms with Gasteiger partial charge in [0.25, 0.3) is 5.56 Å². The Labute approximate surface area is 157 Å². The van der Waals surface area contributed by atoms with Crippen LogP contribution in [0.25, 0.3) is 11.2 Å². The molecule has 0 spiro atoms. The van der Waals surface area contributed by atoms with Crippen LogP contribution in [0, 0.1) is 12.7 Å². The average Bonchev–Trinajstić information content (AvgIpc) is 2.67. The molecule has 3 aromatic rings. The van der Waals surface area contributed by atoms with Gasteiger partial charge in [-0.15, -0.1) is 0 Å². The normalized spacial score (nSPS) is 20.1. The number of pyridine rings is 1. The minimum Gasteiger partial charge on any atom is -0.305 e. The maximum absolute atomic E-state index is 14.3. The number of H-pyrrole nitrogens is 1. The summed E-state index contributed by atoms with van der Waals surface area (Å²) >= 11 is 0. The lowest BCUT2D eigenvalue weighted by Crippen LogP contribution is -2.21. The maximum Gasteiger partial charge on any atom is 0.253 e. The number of fused-ring (bicyclic) bond motifs is 1. The first-order valence-corrected chi connectivity index (χ1v) is 9.70. The van der Waals surface area contributed by atoms with E-state index < -0.39 is 0 Å². The molecule has 1 fully saturated rings. The highest BCUT2D eigenvalue weighted by Crippen LogP contribution is 2.41. The summed E-state index contributed by atoms with van der Waals surface area (Å²) in [5.74, 6) is 0.311. The molecule has 1 aromatic carbocycles. The lowest BCUT2D eigenvalue weighted by molar-refractivity contribution is 0.385. The summed E-state index contributed by atoms with van der Waals surface area (Å²) in [4.78, 5) is 24.3. The Bertz CT molecular complexity index is 1020. The van der Waals surface area contributed by atoms with Crippen molar-refractivity contribution in [2.75, 3.05) is 0 Å². The van der Waals surface area contributed by atoms with Gasteiger partial charge in [0.05, 0.1) is 11.9 Å². The molecule has 140 valence electrons. The predicted molar refractivity (Wildman–Crippen MR) is 105 cm³/mol. The molecule has 2 heterocycles. The third-order valence-corrected chi connectivity index (χ3v) is 5.84. The van der Waals surface area contributed by atoms with E-state index in [4.69, 9.17) is 0 Å². The average molecular weight is 365 g/mol. The minimum absolute atomic E-state index is 0.0772. The molecule has 0 saturated heterocycles. The summed E-state index contributed by atoms with van der Waals surface area (Å²) in [7, 11) is 0. The second-order valence-corrected chi connectivity index (χ2v) is 7.52. The van der Waals surface area contributed by atoms with Gasteiger partial charge >= 0.3 is 0 Å². The first kappa shape index (κ1) is 17.8. The molecule has 0 unspecified atom stereocenters. The molecule has 1 aliphatic rings. The minimum atomic E-state index is -0.107. The van der Waals surface area contributed by atoms with Crippen molar-refractivity contribution in [2.45, 2.75) is 57.8 Å². The van der Waals surface area contributed by atoms with Crippen LogP contribution in [0.1, 0.15) is 66.8 Å². The number of rotatable bonds is 3. The maximum atomic E-state index is 14.3. The molecule has 0 atom stereocenters. The Morgan fingerprint density at radius 1 is 1.19 bits per heavy atom. The number of nitrogens with one attached hydrogen (secondary N) is 1. The summed E-state index contributed by atoms with van der Waals surface area (Å²) in [6.07, 6.45) is 6.07. The number of hydrogen-bond acceptors (Lipinski definition) is 3. The molecule has 0 radical (unpaired) electrons. The van der Waals surface area contributed by atoms with Crippen molar-refractivity contribution in [3.05, 3.63) is 69.0 Å². The van der Waals surface area contributed by atoms with E-state index in [2.05, 4.69) is 15.0 Å². The zero-order chi connectivity index (χ0) is 19.0. The summed E-state index contributed by atoms with van der Waals surface area (Å²) in [5, 5.41) is 0. The lowest BCUT2D eigenvalue weighted by atomic mass is 9.75. The van der Waals surface area contributed by atoms with Gasteiger partial charge in [-0.05, 0) is 74.1 Å². The zero-order valence-electron chi connectivity index (χ0n) is 15.8. The van der Waals surface area contributed by atoms with Crippen molar-refractivity contribution in [3.8, 4) is 0 Å². The van der Waals surface area contributed by atoms with Crippen LogP contribution < -0.4 is 5.56 Å². The molecule has 4 nitrogen and oxygen atoms in total. The number of benzene rings is 1. The van der Waals surface area contributed by atoms with Gasteiger partial charge in [-0.1, -0.05) is 19.1 Å². The quantitative estimate of drug-likeness (QED) is 0.727. The first-order chi connectivity index (χ1) is 13.1. The molecule has 1 aliphatic carbocycles. The highest BCUT2D eigenvalue weighted by molar-refractivity contribution is 5.70. The van der Waals surface area contributed by atoms with E-state index in [1.54, 1.807) is 18.3 Å². The number of aryl methyl sites for hydroxylation is 2. The molecular formula is C22H24FN3O. The van der Waals surface area contributed by atoms with E-state index >= 15 is 0 Å². The predicted octanol–water partition coefficient (Wildman–Crippen LogP) is 4.77. The van der Waals surface area contributed by atoms with Crippen LogP contribution in [0.3, 0.4) is 0 Å². The van der Waals surface area contributed by atoms with Crippen LogP contribution in [0.2, 0.25) is 0 Å². The van der Waals surface area contributed by atoms with Gasteiger partial charge in [0, 0.05) is 5.56 Å². The highest BCUT2D eigenvalue weighted by atomic mass is 19.1. The van der Waals surface area contributed by atoms with E-state index in [0.717, 1.165) is 60.0 Å². The summed E-state index contributed by atoms with van der Waals surface area (Å²) in [6, 6.07) is 7.19. The van der Waals surface area contributed by atoms with Crippen molar-refractivity contribution in [3.63, 3.8) is 0 Å². The van der Waals surface area contributed by atoms with E-state index in [9.17, 15) is 9.18 Å². The summed E-state index contributed by atoms with van der Waals surface area (Å²) < 4.78 is 14.3. The fourth-order valence-electron chi connectivity index (χ4n) is 4.36. The van der Waals surface area contributed by atoms with E-state index in [-0.39, 0.29) is 23.2 Å². The van der Waals surface area contributed by atoms with Crippen molar-refractivity contribution in [2.24, 2.45) is 0 Å². The summed E-state index contributed by atoms with van der Waals surface area (Å²) in [6.45, 7) is 4.01. The third-order valence-electron chi connectivity index (χ3n) is 5.84. The number of nitrogens with zero attached hydrogens (tertiary/aromatic N) is 2. The van der Waals surface area contributed by atoms with Crippen LogP contribution in [-0.4, -0.2) is 15.0 Å². The fraction of sp³-hybridized carbons (Fsp3) is 0.409. The van der Waals surface area contributed by atoms with Crippen LogP contribution in [0.5, 0.6) is 0 Å². The topological polar surface area (TPSA) is 58.6 Å². The van der Waals surface area contributed by atoms with Crippen LogP contribution >= 0.6 is 0 Å². The Hall–Kier alpha value is -2.56. The monoisotopic (exact) mass is 365 g/mol. The first-order valence-electron chi connectivity index (χ1n) is 9.70. The molecule has 4 rings (SSSR count). The van der Waals surface area contributed by atoms with Crippen molar-refractivity contribution < 1.29 is 4.39 Å². The Morgan fingerprint density at radius 2 is 1.93 bits per heavy atom. The second-order valence-electron chi connectivity index (χ2n) is 7.52. The third kappa shape index (κ3) is 3.38. The standard InChI is InChI=1S/C22H24FN3O/c1-3-16-12-24-21-19(25-16)11-17(22(27)26-21)14-7-9-15(10-8-14)20-13(2)5-4-6-18(20)23/h4-6,11-12,14-15H,3,7-10H2,1-2H3,(H,24,26,27). The van der Waals surface area contributed by atoms with Crippen LogP contribution in [0.4, 0.5) is 4.39 Å². The Balaban J connectivity index is 1.59. The largest absolute Gasteiger partial charge is 0.305 e. The van der Waals surface area contributed by atoms with Gasteiger partial charge in [-0.2, -0.15) is 0 Å². The SMILES string of the molecule is CCc1cnc2[nH]c(=O)c(C3CCC(c4c(C)cccc4F)CC3)cc2n1. The number of halogens is 1. The molecule has 0 bridgehead atoms. The zero-order valence-corrected chi connectivity index (χ0v) is 15.8. The fourth-order valence-corrected chi connectivity index (χ4v) is 4.36. The Kier molecular flexibility index (Phi) is 4.77. The van der Waals surface area contributed by atoms with Gasteiger partial charge in [0.2, 0.25) is 0 Å². The van der Waals surface area contributed by atoms with Gasteiger partial charge in [-0.25, -0.2) is 14.4 Å². The summed E-state index contributed by atoms with van der Waals surface area (Å²) in [5.41, 5.74) is 4.78. The van der Waals surface area contributed by atoms with Gasteiger partial charge < -0.3 is 4.98 Å². The second kappa shape index (κ2) is 7.22. The number of hydrogen-bond donors (Lipinski definition) is 1. The highest BCUT2D eigenvalue weighted by Gasteiger charge is 2.27. The Morgan fingerprint density at radius 3 is 2.63 bits per heavy atom. The van der Waals surface area contributed by atoms with Gasteiger partial charge in [-0.3, -0.25) is 4.79 Å². The van der Waals surface area contributed by atoms with Crippen molar-refractivity contribution in [1.29, 1.82) is 0 Å². The number of aromatic amines is 1. The smallest absolute Gasteiger partial charge is 0.253 e. The van der Waals surface area contributed by atoms with Crippen molar-refractivity contribution >= 4 is 11.2 Å². The van der Waals surface area contributed by atoms with Gasteiger partial charge in [0.15, 0.2) is 5.65 Å². The molecule has 1 N–H and O–H groups in total. The molecule has 2 aromatic heterocycles. The van der Waals surface area contributed by atoms with Crippen LogP contribution in [-0.2, 0) is 6.42 Å². The van der Waals surface area contributed by atoms with Crippen LogP contribution in [0.15, 0.2) is 35.3 Å². The molecule has 0 amide bonds. The molecule has 0 aliphatic heterocycles.